The Bertz CT molecular complexity index is 727. The maximum absolute atomic E-state index is 13.0. The molecule has 1 aromatic carbocycles. The first-order chi connectivity index (χ1) is 11.4. The Labute approximate surface area is 145 Å². The molecule has 1 fully saturated rings. The number of halogens is 1. The molecule has 0 saturated carbocycles. The Kier molecular flexibility index (Phi) is 4.49. The topological polar surface area (TPSA) is 68.5 Å². The molecule has 1 atom stereocenters. The number of benzene rings is 1. The summed E-state index contributed by atoms with van der Waals surface area (Å²) >= 11 is 5.88. The van der Waals surface area contributed by atoms with Crippen molar-refractivity contribution >= 4 is 17.5 Å². The lowest BCUT2D eigenvalue weighted by molar-refractivity contribution is -0.147. The van der Waals surface area contributed by atoms with Crippen LogP contribution in [0.3, 0.4) is 0 Å². The van der Waals surface area contributed by atoms with Gasteiger partial charge in [-0.1, -0.05) is 16.8 Å². The highest BCUT2D eigenvalue weighted by Gasteiger charge is 2.41. The van der Waals surface area contributed by atoms with Gasteiger partial charge in [-0.3, -0.25) is 4.79 Å². The van der Waals surface area contributed by atoms with Gasteiger partial charge < -0.3 is 14.2 Å². The second kappa shape index (κ2) is 6.43. The van der Waals surface area contributed by atoms with E-state index in [2.05, 4.69) is 10.1 Å². The molecule has 1 aliphatic rings. The van der Waals surface area contributed by atoms with E-state index in [0.29, 0.717) is 29.0 Å². The lowest BCUT2D eigenvalue weighted by atomic mass is 10.1. The van der Waals surface area contributed by atoms with Crippen molar-refractivity contribution in [2.24, 2.45) is 0 Å². The van der Waals surface area contributed by atoms with Crippen molar-refractivity contribution in [2.45, 2.75) is 45.3 Å². The third-order valence-corrected chi connectivity index (χ3v) is 4.30. The summed E-state index contributed by atoms with van der Waals surface area (Å²) in [4.78, 5) is 19.1. The smallest absolute Gasteiger partial charge is 0.266 e. The normalized spacial score (nSPS) is 18.0. The van der Waals surface area contributed by atoms with Crippen LogP contribution in [0.4, 0.5) is 0 Å². The Morgan fingerprint density at radius 2 is 2.08 bits per heavy atom. The molecule has 6 nitrogen and oxygen atoms in total. The fraction of sp³-hybridized carbons (Fsp3) is 0.471. The van der Waals surface area contributed by atoms with Gasteiger partial charge in [-0.2, -0.15) is 4.98 Å². The number of carbonyl (C=O) groups is 1. The highest BCUT2D eigenvalue weighted by molar-refractivity contribution is 6.30. The summed E-state index contributed by atoms with van der Waals surface area (Å²) in [5.74, 6) is 1.56. The molecule has 1 aliphatic heterocycles. The average molecular weight is 350 g/mol. The third kappa shape index (κ3) is 3.38. The molecule has 0 spiro atoms. The van der Waals surface area contributed by atoms with Crippen LogP contribution in [0.25, 0.3) is 0 Å². The first-order valence-electron chi connectivity index (χ1n) is 7.93. The van der Waals surface area contributed by atoms with Crippen molar-refractivity contribution in [2.75, 3.05) is 6.54 Å². The number of hydrogen-bond acceptors (Lipinski definition) is 5. The molecule has 0 bridgehead atoms. The molecule has 128 valence electrons. The molecule has 0 N–H and O–H groups in total. The Hall–Kier alpha value is -2.08. The lowest BCUT2D eigenvalue weighted by Crippen LogP contribution is -2.48. The van der Waals surface area contributed by atoms with E-state index >= 15 is 0 Å². The van der Waals surface area contributed by atoms with Crippen LogP contribution in [0.1, 0.15) is 44.4 Å². The number of rotatable bonds is 4. The van der Waals surface area contributed by atoms with E-state index in [1.807, 2.05) is 0 Å². The Morgan fingerprint density at radius 1 is 1.38 bits per heavy atom. The van der Waals surface area contributed by atoms with Gasteiger partial charge in [-0.25, -0.2) is 0 Å². The zero-order valence-corrected chi connectivity index (χ0v) is 14.7. The number of aryl methyl sites for hydroxylation is 1. The fourth-order valence-electron chi connectivity index (χ4n) is 2.90. The van der Waals surface area contributed by atoms with Crippen molar-refractivity contribution in [3.63, 3.8) is 0 Å². The van der Waals surface area contributed by atoms with Gasteiger partial charge >= 0.3 is 0 Å². The summed E-state index contributed by atoms with van der Waals surface area (Å²) in [7, 11) is 0. The van der Waals surface area contributed by atoms with E-state index in [0.717, 1.165) is 12.8 Å². The lowest BCUT2D eigenvalue weighted by Gasteiger charge is -2.32. The summed E-state index contributed by atoms with van der Waals surface area (Å²) in [5, 5.41) is 4.45. The van der Waals surface area contributed by atoms with Crippen molar-refractivity contribution < 1.29 is 14.1 Å². The van der Waals surface area contributed by atoms with Crippen LogP contribution >= 0.6 is 11.6 Å². The van der Waals surface area contributed by atoms with Gasteiger partial charge in [0.1, 0.15) is 11.8 Å². The average Bonchev–Trinajstić information content (AvgIpc) is 3.17. The van der Waals surface area contributed by atoms with Gasteiger partial charge in [0.25, 0.3) is 5.91 Å². The van der Waals surface area contributed by atoms with Gasteiger partial charge in [0.15, 0.2) is 11.4 Å². The molecular formula is C17H20ClN3O3. The fourth-order valence-corrected chi connectivity index (χ4v) is 3.03. The standard InChI is InChI=1S/C17H20ClN3O3/c1-11-19-15(24-20-11)14-5-4-10-21(14)16(22)17(2,3)23-13-8-6-12(18)7-9-13/h6-9,14H,4-5,10H2,1-3H3. The van der Waals surface area contributed by atoms with E-state index in [1.165, 1.54) is 0 Å². The minimum absolute atomic E-state index is 0.101. The second-order valence-electron chi connectivity index (χ2n) is 6.40. The molecule has 2 aromatic rings. The van der Waals surface area contributed by atoms with Crippen molar-refractivity contribution in [1.82, 2.24) is 15.0 Å². The second-order valence-corrected chi connectivity index (χ2v) is 6.84. The molecule has 2 heterocycles. The van der Waals surface area contributed by atoms with Gasteiger partial charge in [0.2, 0.25) is 5.89 Å². The van der Waals surface area contributed by atoms with Crippen LogP contribution in [0.2, 0.25) is 5.02 Å². The Balaban J connectivity index is 1.77. The highest BCUT2D eigenvalue weighted by atomic mass is 35.5. The maximum Gasteiger partial charge on any atom is 0.266 e. The van der Waals surface area contributed by atoms with Crippen LogP contribution in [-0.4, -0.2) is 33.1 Å². The monoisotopic (exact) mass is 349 g/mol. The molecule has 1 saturated heterocycles. The van der Waals surface area contributed by atoms with Crippen molar-refractivity contribution in [1.29, 1.82) is 0 Å². The zero-order valence-electron chi connectivity index (χ0n) is 14.0. The third-order valence-electron chi connectivity index (χ3n) is 4.04. The number of amides is 1. The SMILES string of the molecule is Cc1noc(C2CCCN2C(=O)C(C)(C)Oc2ccc(Cl)cc2)n1. The first-order valence-corrected chi connectivity index (χ1v) is 8.30. The van der Waals surface area contributed by atoms with E-state index in [-0.39, 0.29) is 11.9 Å². The van der Waals surface area contributed by atoms with Crippen molar-refractivity contribution in [3.05, 3.63) is 41.0 Å². The number of likely N-dealkylation sites (tertiary alicyclic amines) is 1. The largest absolute Gasteiger partial charge is 0.478 e. The first kappa shape index (κ1) is 16.8. The maximum atomic E-state index is 13.0. The number of ether oxygens (including phenoxy) is 1. The molecule has 0 radical (unpaired) electrons. The van der Waals surface area contributed by atoms with E-state index < -0.39 is 5.60 Å². The van der Waals surface area contributed by atoms with Crippen LogP contribution < -0.4 is 4.74 Å². The minimum Gasteiger partial charge on any atom is -0.478 e. The summed E-state index contributed by atoms with van der Waals surface area (Å²) in [6, 6.07) is 6.78. The van der Waals surface area contributed by atoms with E-state index in [1.54, 1.807) is 49.9 Å². The molecule has 24 heavy (non-hydrogen) atoms. The van der Waals surface area contributed by atoms with Crippen molar-refractivity contribution in [3.8, 4) is 5.75 Å². The van der Waals surface area contributed by atoms with Crippen LogP contribution in [0.15, 0.2) is 28.8 Å². The van der Waals surface area contributed by atoms with Gasteiger partial charge in [-0.15, -0.1) is 0 Å². The molecule has 1 amide bonds. The van der Waals surface area contributed by atoms with Gasteiger partial charge in [0.05, 0.1) is 0 Å². The van der Waals surface area contributed by atoms with E-state index in [9.17, 15) is 4.79 Å². The quantitative estimate of drug-likeness (QED) is 0.844. The molecule has 0 aliphatic carbocycles. The highest BCUT2D eigenvalue weighted by Crippen LogP contribution is 2.34. The summed E-state index contributed by atoms with van der Waals surface area (Å²) in [5.41, 5.74) is -1.01. The predicted octanol–water partition coefficient (Wildman–Crippen LogP) is 3.55. The molecule has 3 rings (SSSR count). The summed E-state index contributed by atoms with van der Waals surface area (Å²) in [6.45, 7) is 5.94. The number of nitrogens with zero attached hydrogens (tertiary/aromatic N) is 3. The number of hydrogen-bond donors (Lipinski definition) is 0. The number of aromatic nitrogens is 2. The van der Waals surface area contributed by atoms with Crippen LogP contribution in [-0.2, 0) is 4.79 Å². The van der Waals surface area contributed by atoms with Crippen LogP contribution in [0.5, 0.6) is 5.75 Å². The summed E-state index contributed by atoms with van der Waals surface area (Å²) < 4.78 is 11.2. The zero-order chi connectivity index (χ0) is 17.3. The minimum atomic E-state index is -1.01. The van der Waals surface area contributed by atoms with Crippen LogP contribution in [0, 0.1) is 6.92 Å². The van der Waals surface area contributed by atoms with E-state index in [4.69, 9.17) is 20.9 Å². The van der Waals surface area contributed by atoms with Gasteiger partial charge in [-0.05, 0) is 57.9 Å². The summed E-state index contributed by atoms with van der Waals surface area (Å²) in [6.07, 6.45) is 1.71. The molecule has 7 heteroatoms. The molecule has 1 unspecified atom stereocenters. The van der Waals surface area contributed by atoms with Gasteiger partial charge in [0, 0.05) is 11.6 Å². The predicted molar refractivity (Wildman–Crippen MR) is 88.9 cm³/mol. The molecular weight excluding hydrogens is 330 g/mol. The Morgan fingerprint density at radius 3 is 2.71 bits per heavy atom. The number of carbonyl (C=O) groups excluding carboxylic acids is 1. The molecule has 1 aromatic heterocycles.